The molecule has 0 bridgehead atoms. The second-order valence-corrected chi connectivity index (χ2v) is 3.84. The average molecular weight is 297 g/mol. The first-order valence-corrected chi connectivity index (χ1v) is 5.08. The molecule has 0 atom stereocenters. The summed E-state index contributed by atoms with van der Waals surface area (Å²) in [7, 11) is 1.35. The maximum Gasteiger partial charge on any atom is 1.00 e. The van der Waals surface area contributed by atoms with Crippen molar-refractivity contribution >= 4 is 24.4 Å². The van der Waals surface area contributed by atoms with Crippen LogP contribution >= 0.6 is 0 Å². The van der Waals surface area contributed by atoms with Crippen LogP contribution in [0.3, 0.4) is 0 Å². The Kier molecular flexibility index (Phi) is 5.24. The van der Waals surface area contributed by atoms with Crippen molar-refractivity contribution in [3.8, 4) is 5.75 Å². The Bertz CT molecular complexity index is 535. The molecule has 1 aliphatic rings. The van der Waals surface area contributed by atoms with E-state index in [1.807, 2.05) is 0 Å². The number of rotatable bonds is 3. The minimum Gasteiger partial charge on any atom is -0.497 e. The molecule has 0 fully saturated rings. The fraction of sp³-hybridized carbons (Fsp3) is 0.200. The van der Waals surface area contributed by atoms with Gasteiger partial charge in [0.05, 0.1) is 18.4 Å². The molecule has 0 radical (unpaired) electrons. The van der Waals surface area contributed by atoms with Gasteiger partial charge in [-0.15, -0.1) is 0 Å². The number of methoxy groups -OCH3 is 1. The molecule has 0 saturated heterocycles. The number of benzene rings is 1. The first-order chi connectivity index (χ1) is 8.33. The number of nitrogens with zero attached hydrogens (tertiary/aromatic N) is 1. The fourth-order valence-electron chi connectivity index (χ4n) is 1.79. The standard InChI is InChI=1S/C10H8BF3NO3.K/c1-18-6-2-3-7-8(4-6)15(5-11(12,13)14)10(17)9(7)16;/h2-4H,5H2,1H3;/q-1;+1. The van der Waals surface area contributed by atoms with E-state index in [0.717, 1.165) is 0 Å². The van der Waals surface area contributed by atoms with Gasteiger partial charge in [0.15, 0.2) is 0 Å². The van der Waals surface area contributed by atoms with Crippen LogP contribution in [0.4, 0.5) is 18.6 Å². The monoisotopic (exact) mass is 297 g/mol. The molecule has 0 unspecified atom stereocenters. The van der Waals surface area contributed by atoms with Crippen LogP contribution in [0.25, 0.3) is 0 Å². The molecule has 1 aromatic carbocycles. The third-order valence-electron chi connectivity index (χ3n) is 2.57. The number of fused-ring (bicyclic) bond motifs is 1. The van der Waals surface area contributed by atoms with E-state index in [4.69, 9.17) is 4.74 Å². The van der Waals surface area contributed by atoms with Crippen LogP contribution in [0.2, 0.25) is 0 Å². The number of ether oxygens (including phenoxy) is 1. The van der Waals surface area contributed by atoms with E-state index in [0.29, 0.717) is 4.90 Å². The number of carbonyl (C=O) groups excluding carboxylic acids is 2. The van der Waals surface area contributed by atoms with E-state index in [2.05, 4.69) is 0 Å². The first-order valence-electron chi connectivity index (χ1n) is 5.08. The Morgan fingerprint density at radius 1 is 1.26 bits per heavy atom. The third kappa shape index (κ3) is 3.40. The van der Waals surface area contributed by atoms with Gasteiger partial charge in [-0.05, 0) is 18.6 Å². The maximum atomic E-state index is 12.4. The van der Waals surface area contributed by atoms with Crippen LogP contribution in [0, 0.1) is 0 Å². The van der Waals surface area contributed by atoms with Crippen molar-refractivity contribution in [2.75, 3.05) is 18.5 Å². The zero-order chi connectivity index (χ0) is 13.5. The molecular formula is C10H8BF3KNO3. The minimum atomic E-state index is -5.20. The normalized spacial score (nSPS) is 14.2. The van der Waals surface area contributed by atoms with Crippen molar-refractivity contribution in [2.24, 2.45) is 0 Å². The molecule has 9 heteroatoms. The van der Waals surface area contributed by atoms with Crippen molar-refractivity contribution in [3.05, 3.63) is 23.8 Å². The van der Waals surface area contributed by atoms with Crippen molar-refractivity contribution in [2.45, 2.75) is 0 Å². The molecule has 1 amide bonds. The minimum absolute atomic E-state index is 0. The smallest absolute Gasteiger partial charge is 0.497 e. The van der Waals surface area contributed by atoms with Crippen LogP contribution in [-0.4, -0.2) is 32.2 Å². The van der Waals surface area contributed by atoms with Crippen LogP contribution in [0.5, 0.6) is 5.75 Å². The number of amides is 1. The quantitative estimate of drug-likeness (QED) is 0.510. The summed E-state index contributed by atoms with van der Waals surface area (Å²) in [6.45, 7) is -5.20. The summed E-state index contributed by atoms with van der Waals surface area (Å²) in [5, 5.41) is 0. The number of Topliss-reactive ketones (excluding diaryl/α,β-unsaturated/α-hetero) is 1. The van der Waals surface area contributed by atoms with Gasteiger partial charge in [0.2, 0.25) is 0 Å². The number of hydrogen-bond acceptors (Lipinski definition) is 3. The maximum absolute atomic E-state index is 12.4. The Labute approximate surface area is 149 Å². The van der Waals surface area contributed by atoms with E-state index >= 15 is 0 Å². The number of hydrogen-bond donors (Lipinski definition) is 0. The zero-order valence-corrected chi connectivity index (χ0v) is 13.4. The van der Waals surface area contributed by atoms with Crippen molar-refractivity contribution in [3.63, 3.8) is 0 Å². The molecule has 0 aromatic heterocycles. The summed E-state index contributed by atoms with van der Waals surface area (Å²) < 4.78 is 42.1. The summed E-state index contributed by atoms with van der Waals surface area (Å²) in [6, 6.07) is 3.96. The predicted molar refractivity (Wildman–Crippen MR) is 58.8 cm³/mol. The Balaban J connectivity index is 0.00000180. The average Bonchev–Trinajstić information content (AvgIpc) is 2.52. The van der Waals surface area contributed by atoms with Gasteiger partial charge in [0, 0.05) is 6.07 Å². The number of halogens is 3. The van der Waals surface area contributed by atoms with Crippen molar-refractivity contribution in [1.29, 1.82) is 0 Å². The number of carbonyl (C=O) groups is 2. The zero-order valence-electron chi connectivity index (χ0n) is 10.3. The van der Waals surface area contributed by atoms with Gasteiger partial charge in [0.25, 0.3) is 11.7 Å². The van der Waals surface area contributed by atoms with E-state index in [-0.39, 0.29) is 68.4 Å². The molecule has 4 nitrogen and oxygen atoms in total. The van der Waals surface area contributed by atoms with Gasteiger partial charge in [-0.25, -0.2) is 0 Å². The largest absolute Gasteiger partial charge is 1.00 e. The second-order valence-electron chi connectivity index (χ2n) is 3.84. The number of anilines is 1. The fourth-order valence-corrected chi connectivity index (χ4v) is 1.79. The van der Waals surface area contributed by atoms with Crippen LogP contribution in [0.1, 0.15) is 10.4 Å². The van der Waals surface area contributed by atoms with Crippen LogP contribution in [0.15, 0.2) is 18.2 Å². The topological polar surface area (TPSA) is 46.6 Å². The molecule has 1 aromatic rings. The Hall–Kier alpha value is -0.349. The van der Waals surface area contributed by atoms with Gasteiger partial charge in [0.1, 0.15) is 5.75 Å². The SMILES string of the molecule is COc1ccc2c(c1)N(C[B-](F)(F)F)C(=O)C2=O.[K+]. The summed E-state index contributed by atoms with van der Waals surface area (Å²) in [5.74, 6) is -1.79. The van der Waals surface area contributed by atoms with Crippen LogP contribution in [-0.2, 0) is 4.79 Å². The molecule has 2 rings (SSSR count). The third-order valence-corrected chi connectivity index (χ3v) is 2.57. The van der Waals surface area contributed by atoms with Gasteiger partial charge < -0.3 is 22.6 Å². The summed E-state index contributed by atoms with van der Waals surface area (Å²) >= 11 is 0. The molecule has 0 spiro atoms. The molecule has 19 heavy (non-hydrogen) atoms. The summed E-state index contributed by atoms with van der Waals surface area (Å²) in [6.07, 6.45) is -1.43. The molecule has 1 aliphatic heterocycles. The predicted octanol–water partition coefficient (Wildman–Crippen LogP) is -1.38. The Morgan fingerprint density at radius 3 is 2.42 bits per heavy atom. The van der Waals surface area contributed by atoms with E-state index < -0.39 is 25.1 Å². The van der Waals surface area contributed by atoms with E-state index in [1.54, 1.807) is 0 Å². The van der Waals surface area contributed by atoms with E-state index in [9.17, 15) is 22.5 Å². The van der Waals surface area contributed by atoms with Gasteiger partial charge in [-0.3, -0.25) is 9.59 Å². The molecule has 1 heterocycles. The van der Waals surface area contributed by atoms with Crippen molar-refractivity contribution < 1.29 is 78.7 Å². The second kappa shape index (κ2) is 5.96. The first kappa shape index (κ1) is 16.7. The van der Waals surface area contributed by atoms with E-state index in [1.165, 1.54) is 25.3 Å². The molecule has 96 valence electrons. The summed E-state index contributed by atoms with van der Waals surface area (Å²) in [5.41, 5.74) is -0.0793. The Morgan fingerprint density at radius 2 is 1.89 bits per heavy atom. The summed E-state index contributed by atoms with van der Waals surface area (Å²) in [4.78, 5) is 23.4. The van der Waals surface area contributed by atoms with Crippen molar-refractivity contribution in [1.82, 2.24) is 0 Å². The molecular weight excluding hydrogens is 289 g/mol. The van der Waals surface area contributed by atoms with Crippen LogP contribution < -0.4 is 61.0 Å². The molecule has 0 N–H and O–H groups in total. The number of ketones is 1. The van der Waals surface area contributed by atoms with Gasteiger partial charge in [-0.1, -0.05) is 0 Å². The van der Waals surface area contributed by atoms with Gasteiger partial charge in [-0.2, -0.15) is 0 Å². The molecule has 0 aliphatic carbocycles. The molecule has 0 saturated carbocycles. The van der Waals surface area contributed by atoms with Gasteiger partial charge >= 0.3 is 58.4 Å².